The number of amides is 2. The van der Waals surface area contributed by atoms with Crippen LogP contribution in [-0.4, -0.2) is 28.9 Å². The molecule has 1 aromatic carbocycles. The molecule has 6 heteroatoms. The predicted molar refractivity (Wildman–Crippen MR) is 91.1 cm³/mol. The summed E-state index contributed by atoms with van der Waals surface area (Å²) >= 11 is 0. The molecule has 0 saturated carbocycles. The fourth-order valence-electron chi connectivity index (χ4n) is 2.67. The lowest BCUT2D eigenvalue weighted by Gasteiger charge is -2.38. The molecule has 0 radical (unpaired) electrons. The van der Waals surface area contributed by atoms with Gasteiger partial charge in [0.2, 0.25) is 0 Å². The highest BCUT2D eigenvalue weighted by atomic mass is 16.5. The van der Waals surface area contributed by atoms with E-state index in [9.17, 15) is 9.59 Å². The zero-order valence-electron chi connectivity index (χ0n) is 13.9. The Balaban J connectivity index is 1.96. The minimum Gasteiger partial charge on any atom is -0.464 e. The number of nitrogens with one attached hydrogen (secondary N) is 1. The number of anilines is 2. The van der Waals surface area contributed by atoms with Crippen LogP contribution in [-0.2, 0) is 9.59 Å². The fraction of sp³-hybridized carbons (Fsp3) is 0.278. The van der Waals surface area contributed by atoms with Crippen LogP contribution in [0.15, 0.2) is 42.6 Å². The molecule has 2 amide bonds. The summed E-state index contributed by atoms with van der Waals surface area (Å²) in [5.41, 5.74) is -0.0822. The number of fused-ring (bicyclic) bond motifs is 1. The van der Waals surface area contributed by atoms with E-state index in [1.165, 1.54) is 11.8 Å². The third-order valence-electron chi connectivity index (χ3n) is 4.12. The summed E-state index contributed by atoms with van der Waals surface area (Å²) < 4.78 is 5.77. The van der Waals surface area contributed by atoms with Gasteiger partial charge >= 0.3 is 0 Å². The Morgan fingerprint density at radius 1 is 1.29 bits per heavy atom. The van der Waals surface area contributed by atoms with Gasteiger partial charge in [-0.25, -0.2) is 4.98 Å². The first-order chi connectivity index (χ1) is 11.5. The normalized spacial score (nSPS) is 19.5. The number of pyridine rings is 1. The molecule has 0 fully saturated rings. The lowest BCUT2D eigenvalue weighted by molar-refractivity contribution is -0.145. The van der Waals surface area contributed by atoms with E-state index in [1.807, 2.05) is 32.0 Å². The van der Waals surface area contributed by atoms with Gasteiger partial charge in [-0.15, -0.1) is 0 Å². The minimum atomic E-state index is -1.64. The smallest absolute Gasteiger partial charge is 0.282 e. The maximum absolute atomic E-state index is 12.9. The summed E-state index contributed by atoms with van der Waals surface area (Å²) in [5.74, 6) is -0.0791. The van der Waals surface area contributed by atoms with E-state index in [-0.39, 0.29) is 0 Å². The quantitative estimate of drug-likeness (QED) is 0.880. The van der Waals surface area contributed by atoms with E-state index in [1.54, 1.807) is 24.4 Å². The van der Waals surface area contributed by atoms with Crippen molar-refractivity contribution in [2.75, 3.05) is 16.8 Å². The third kappa shape index (κ3) is 2.50. The number of carbonyl (C=O) groups excluding carboxylic acids is 2. The second-order valence-electron chi connectivity index (χ2n) is 5.78. The highest BCUT2D eigenvalue weighted by Gasteiger charge is 2.50. The van der Waals surface area contributed by atoms with E-state index in [4.69, 9.17) is 4.74 Å². The van der Waals surface area contributed by atoms with Gasteiger partial charge in [-0.1, -0.05) is 18.2 Å². The number of hydrogen-bond donors (Lipinski definition) is 1. The Hall–Kier alpha value is -2.89. The van der Waals surface area contributed by atoms with Crippen molar-refractivity contribution in [2.24, 2.45) is 0 Å². The number of para-hydroxylation sites is 1. The second kappa shape index (κ2) is 5.96. The maximum atomic E-state index is 12.9. The molecule has 0 bridgehead atoms. The Labute approximate surface area is 140 Å². The fourth-order valence-corrected chi connectivity index (χ4v) is 2.67. The number of rotatable bonds is 3. The van der Waals surface area contributed by atoms with Gasteiger partial charge in [-0.3, -0.25) is 14.5 Å². The van der Waals surface area contributed by atoms with Crippen LogP contribution >= 0.6 is 0 Å². The van der Waals surface area contributed by atoms with Crippen molar-refractivity contribution < 1.29 is 14.3 Å². The van der Waals surface area contributed by atoms with Crippen molar-refractivity contribution in [2.45, 2.75) is 26.4 Å². The average molecular weight is 325 g/mol. The van der Waals surface area contributed by atoms with Gasteiger partial charge in [0.05, 0.1) is 0 Å². The number of aromatic nitrogens is 1. The molecule has 0 spiro atoms. The summed E-state index contributed by atoms with van der Waals surface area (Å²) in [6.45, 7) is 5.61. The molecular weight excluding hydrogens is 306 g/mol. The predicted octanol–water partition coefficient (Wildman–Crippen LogP) is 2.53. The first-order valence-corrected chi connectivity index (χ1v) is 7.80. The average Bonchev–Trinajstić information content (AvgIpc) is 2.58. The van der Waals surface area contributed by atoms with Crippen LogP contribution < -0.4 is 15.0 Å². The lowest BCUT2D eigenvalue weighted by atomic mass is 10.0. The number of carbonyl (C=O) groups is 2. The van der Waals surface area contributed by atoms with Gasteiger partial charge in [-0.05, 0) is 44.5 Å². The van der Waals surface area contributed by atoms with Crippen molar-refractivity contribution in [3.63, 3.8) is 0 Å². The molecule has 6 nitrogen and oxygen atoms in total. The molecule has 1 aliphatic heterocycles. The molecule has 2 heterocycles. The number of nitrogens with zero attached hydrogens (tertiary/aromatic N) is 2. The summed E-state index contributed by atoms with van der Waals surface area (Å²) in [7, 11) is 0. The summed E-state index contributed by atoms with van der Waals surface area (Å²) in [6.07, 6.45) is 1.59. The van der Waals surface area contributed by atoms with Crippen LogP contribution in [0.1, 0.15) is 19.4 Å². The van der Waals surface area contributed by atoms with Crippen molar-refractivity contribution in [1.29, 1.82) is 0 Å². The Morgan fingerprint density at radius 2 is 2.04 bits per heavy atom. The minimum absolute atomic E-state index is 0.402. The standard InChI is InChI=1S/C18H19N3O3/c1-4-21-15-14(10-7-11-19-15)24-18(3,17(21)23)16(22)20-13-9-6-5-8-12(13)2/h5-11H,4H2,1-3H3,(H,20,22). The van der Waals surface area contributed by atoms with Crippen LogP contribution in [0, 0.1) is 6.92 Å². The van der Waals surface area contributed by atoms with Crippen LogP contribution in [0.4, 0.5) is 11.5 Å². The van der Waals surface area contributed by atoms with Crippen LogP contribution in [0.25, 0.3) is 0 Å². The summed E-state index contributed by atoms with van der Waals surface area (Å²) in [4.78, 5) is 31.3. The topological polar surface area (TPSA) is 71.5 Å². The lowest BCUT2D eigenvalue weighted by Crippen LogP contribution is -2.60. The number of aryl methyl sites for hydroxylation is 1. The van der Waals surface area contributed by atoms with Crippen LogP contribution in [0.5, 0.6) is 5.75 Å². The van der Waals surface area contributed by atoms with E-state index < -0.39 is 17.4 Å². The van der Waals surface area contributed by atoms with Crippen molar-refractivity contribution in [3.8, 4) is 5.75 Å². The molecule has 1 unspecified atom stereocenters. The van der Waals surface area contributed by atoms with Gasteiger partial charge < -0.3 is 10.1 Å². The molecule has 1 atom stereocenters. The molecular formula is C18H19N3O3. The molecule has 0 aliphatic carbocycles. The molecule has 124 valence electrons. The van der Waals surface area contributed by atoms with Crippen LogP contribution in [0.2, 0.25) is 0 Å². The number of benzene rings is 1. The Bertz CT molecular complexity index is 806. The van der Waals surface area contributed by atoms with Gasteiger partial charge in [0, 0.05) is 18.4 Å². The molecule has 1 N–H and O–H groups in total. The van der Waals surface area contributed by atoms with Gasteiger partial charge in [0.15, 0.2) is 11.6 Å². The molecule has 1 aliphatic rings. The first kappa shape index (κ1) is 16.0. The van der Waals surface area contributed by atoms with E-state index >= 15 is 0 Å². The molecule has 24 heavy (non-hydrogen) atoms. The maximum Gasteiger partial charge on any atom is 0.282 e. The van der Waals surface area contributed by atoms with Crippen LogP contribution in [0.3, 0.4) is 0 Å². The molecule has 0 saturated heterocycles. The molecule has 2 aromatic rings. The van der Waals surface area contributed by atoms with E-state index in [0.29, 0.717) is 23.8 Å². The highest BCUT2D eigenvalue weighted by molar-refractivity contribution is 6.19. The van der Waals surface area contributed by atoms with E-state index in [0.717, 1.165) is 5.56 Å². The largest absolute Gasteiger partial charge is 0.464 e. The highest BCUT2D eigenvalue weighted by Crippen LogP contribution is 2.36. The summed E-state index contributed by atoms with van der Waals surface area (Å²) in [6, 6.07) is 10.8. The Kier molecular flexibility index (Phi) is 3.97. The second-order valence-corrected chi connectivity index (χ2v) is 5.78. The monoisotopic (exact) mass is 325 g/mol. The van der Waals surface area contributed by atoms with Gasteiger partial charge in [-0.2, -0.15) is 0 Å². The third-order valence-corrected chi connectivity index (χ3v) is 4.12. The van der Waals surface area contributed by atoms with Crippen molar-refractivity contribution in [3.05, 3.63) is 48.2 Å². The number of likely N-dealkylation sites (N-methyl/N-ethyl adjacent to an activating group) is 1. The molecule has 3 rings (SSSR count). The zero-order chi connectivity index (χ0) is 17.3. The number of ether oxygens (including phenoxy) is 1. The SMILES string of the molecule is CCN1C(=O)C(C)(C(=O)Nc2ccccc2C)Oc2cccnc21. The van der Waals surface area contributed by atoms with Crippen molar-refractivity contribution >= 4 is 23.3 Å². The van der Waals surface area contributed by atoms with Gasteiger partial charge in [0.1, 0.15) is 0 Å². The van der Waals surface area contributed by atoms with Gasteiger partial charge in [0.25, 0.3) is 17.4 Å². The Morgan fingerprint density at radius 3 is 2.75 bits per heavy atom. The van der Waals surface area contributed by atoms with Crippen molar-refractivity contribution in [1.82, 2.24) is 4.98 Å². The first-order valence-electron chi connectivity index (χ1n) is 7.80. The summed E-state index contributed by atoms with van der Waals surface area (Å²) in [5, 5.41) is 2.79. The zero-order valence-corrected chi connectivity index (χ0v) is 13.9. The van der Waals surface area contributed by atoms with E-state index in [2.05, 4.69) is 10.3 Å². The molecule has 1 aromatic heterocycles. The number of hydrogen-bond acceptors (Lipinski definition) is 4.